The van der Waals surface area contributed by atoms with Gasteiger partial charge in [-0.25, -0.2) is 0 Å². The molecule has 3 aromatic rings. The summed E-state index contributed by atoms with van der Waals surface area (Å²) >= 11 is 0. The van der Waals surface area contributed by atoms with E-state index in [0.717, 1.165) is 25.9 Å². The average molecular weight is 409 g/mol. The number of hydrogen-bond donors (Lipinski definition) is 1. The Morgan fingerprint density at radius 3 is 2.43 bits per heavy atom. The number of phenols is 1. The molecule has 0 atom stereocenters. The summed E-state index contributed by atoms with van der Waals surface area (Å²) in [6, 6.07) is 8.55. The minimum Gasteiger partial charge on any atom is -0.507 e. The number of aromatic hydroxyl groups is 1. The van der Waals surface area contributed by atoms with E-state index in [9.17, 15) is 9.90 Å². The highest BCUT2D eigenvalue weighted by molar-refractivity contribution is 5.85. The molecule has 0 unspecified atom stereocenters. The third-order valence-electron chi connectivity index (χ3n) is 5.79. The largest absolute Gasteiger partial charge is 0.507 e. The van der Waals surface area contributed by atoms with E-state index in [0.29, 0.717) is 45.7 Å². The molecule has 2 aromatic carbocycles. The molecule has 2 heterocycles. The van der Waals surface area contributed by atoms with Gasteiger partial charge in [-0.2, -0.15) is 0 Å². The smallest absolute Gasteiger partial charge is 0.200 e. The molecule has 0 amide bonds. The summed E-state index contributed by atoms with van der Waals surface area (Å²) in [6.45, 7) is 2.55. The second kappa shape index (κ2) is 8.79. The van der Waals surface area contributed by atoms with E-state index in [1.54, 1.807) is 44.6 Å². The molecule has 1 aromatic heterocycles. The van der Waals surface area contributed by atoms with Crippen LogP contribution in [0.5, 0.6) is 17.2 Å². The van der Waals surface area contributed by atoms with Crippen LogP contribution in [0.2, 0.25) is 0 Å². The summed E-state index contributed by atoms with van der Waals surface area (Å²) in [6.07, 6.45) is 6.25. The highest BCUT2D eigenvalue weighted by atomic mass is 16.5. The van der Waals surface area contributed by atoms with E-state index >= 15 is 0 Å². The molecule has 0 aliphatic carbocycles. The summed E-state index contributed by atoms with van der Waals surface area (Å²) in [5.74, 6) is 1.30. The van der Waals surface area contributed by atoms with Gasteiger partial charge in [0.25, 0.3) is 0 Å². The molecule has 1 saturated heterocycles. The maximum Gasteiger partial charge on any atom is 0.200 e. The van der Waals surface area contributed by atoms with Gasteiger partial charge in [0.05, 0.1) is 30.7 Å². The van der Waals surface area contributed by atoms with Crippen LogP contribution < -0.4 is 14.9 Å². The first-order valence-corrected chi connectivity index (χ1v) is 10.3. The van der Waals surface area contributed by atoms with Gasteiger partial charge in [0.1, 0.15) is 17.6 Å². The molecule has 0 bridgehead atoms. The molecule has 6 heteroatoms. The Bertz CT molecular complexity index is 1100. The number of ether oxygens (including phenoxy) is 2. The van der Waals surface area contributed by atoms with Gasteiger partial charge in [-0.15, -0.1) is 0 Å². The van der Waals surface area contributed by atoms with Gasteiger partial charge in [-0.3, -0.25) is 9.69 Å². The number of benzene rings is 2. The third-order valence-corrected chi connectivity index (χ3v) is 5.79. The zero-order valence-corrected chi connectivity index (χ0v) is 17.4. The fraction of sp³-hybridized carbons (Fsp3) is 0.375. The number of rotatable bonds is 5. The Kier molecular flexibility index (Phi) is 5.95. The van der Waals surface area contributed by atoms with Crippen molar-refractivity contribution < 1.29 is 19.0 Å². The van der Waals surface area contributed by atoms with Gasteiger partial charge in [0, 0.05) is 6.54 Å². The van der Waals surface area contributed by atoms with Gasteiger partial charge in [0.15, 0.2) is 11.5 Å². The lowest BCUT2D eigenvalue weighted by Gasteiger charge is -2.21. The lowest BCUT2D eigenvalue weighted by atomic mass is 10.0. The van der Waals surface area contributed by atoms with Crippen LogP contribution in [0.1, 0.15) is 31.2 Å². The minimum absolute atomic E-state index is 0.138. The van der Waals surface area contributed by atoms with Crippen LogP contribution >= 0.6 is 0 Å². The van der Waals surface area contributed by atoms with Crippen LogP contribution in [0.15, 0.2) is 45.8 Å². The predicted octanol–water partition coefficient (Wildman–Crippen LogP) is 4.56. The van der Waals surface area contributed by atoms with Crippen molar-refractivity contribution in [1.82, 2.24) is 4.90 Å². The molecule has 30 heavy (non-hydrogen) atoms. The normalized spacial score (nSPS) is 15.1. The summed E-state index contributed by atoms with van der Waals surface area (Å²) in [7, 11) is 3.13. The molecule has 0 saturated carbocycles. The maximum atomic E-state index is 13.3. The van der Waals surface area contributed by atoms with Gasteiger partial charge >= 0.3 is 0 Å². The van der Waals surface area contributed by atoms with Crippen LogP contribution in [-0.4, -0.2) is 37.3 Å². The Hall–Kier alpha value is -2.99. The van der Waals surface area contributed by atoms with Crippen molar-refractivity contribution in [3.8, 4) is 28.4 Å². The first-order valence-electron chi connectivity index (χ1n) is 10.3. The molecule has 6 nitrogen and oxygen atoms in total. The molecule has 1 N–H and O–H groups in total. The molecular formula is C24H27NO5. The molecule has 1 aliphatic rings. The molecule has 1 fully saturated rings. The summed E-state index contributed by atoms with van der Waals surface area (Å²) in [5.41, 5.74) is 2.11. The van der Waals surface area contributed by atoms with E-state index in [-0.39, 0.29) is 11.2 Å². The molecule has 0 radical (unpaired) electrons. The lowest BCUT2D eigenvalue weighted by Crippen LogP contribution is -2.24. The van der Waals surface area contributed by atoms with Crippen molar-refractivity contribution in [3.63, 3.8) is 0 Å². The van der Waals surface area contributed by atoms with E-state index in [4.69, 9.17) is 13.9 Å². The quantitative estimate of drug-likeness (QED) is 0.666. The van der Waals surface area contributed by atoms with Gasteiger partial charge in [-0.05, 0) is 55.8 Å². The summed E-state index contributed by atoms with van der Waals surface area (Å²) in [4.78, 5) is 15.6. The number of hydrogen-bond acceptors (Lipinski definition) is 6. The highest BCUT2D eigenvalue weighted by Gasteiger charge is 2.19. The zero-order chi connectivity index (χ0) is 21.1. The Balaban J connectivity index is 1.76. The van der Waals surface area contributed by atoms with Crippen molar-refractivity contribution in [2.45, 2.75) is 32.2 Å². The van der Waals surface area contributed by atoms with Crippen LogP contribution in [0.4, 0.5) is 0 Å². The van der Waals surface area contributed by atoms with Crippen LogP contribution in [-0.2, 0) is 6.54 Å². The number of phenolic OH excluding ortho intramolecular Hbond substituents is 1. The van der Waals surface area contributed by atoms with Crippen molar-refractivity contribution in [2.24, 2.45) is 0 Å². The molecule has 158 valence electrons. The first-order chi connectivity index (χ1) is 14.6. The Labute approximate surface area is 175 Å². The number of methoxy groups -OCH3 is 2. The molecule has 1 aliphatic heterocycles. The average Bonchev–Trinajstić information content (AvgIpc) is 3.04. The Morgan fingerprint density at radius 2 is 1.73 bits per heavy atom. The first kappa shape index (κ1) is 20.3. The monoisotopic (exact) mass is 409 g/mol. The van der Waals surface area contributed by atoms with E-state index in [2.05, 4.69) is 4.90 Å². The van der Waals surface area contributed by atoms with Crippen molar-refractivity contribution >= 4 is 11.0 Å². The van der Waals surface area contributed by atoms with E-state index in [1.807, 2.05) is 0 Å². The lowest BCUT2D eigenvalue weighted by molar-refractivity contribution is 0.272. The van der Waals surface area contributed by atoms with Crippen LogP contribution in [0.3, 0.4) is 0 Å². The summed E-state index contributed by atoms with van der Waals surface area (Å²) in [5, 5.41) is 11.0. The molecule has 0 spiro atoms. The second-order valence-corrected chi connectivity index (χ2v) is 7.68. The van der Waals surface area contributed by atoms with Crippen LogP contribution in [0.25, 0.3) is 22.1 Å². The predicted molar refractivity (Wildman–Crippen MR) is 116 cm³/mol. The van der Waals surface area contributed by atoms with Crippen molar-refractivity contribution in [3.05, 3.63) is 52.4 Å². The van der Waals surface area contributed by atoms with Gasteiger partial charge < -0.3 is 19.0 Å². The van der Waals surface area contributed by atoms with Gasteiger partial charge in [-0.1, -0.05) is 18.9 Å². The SMILES string of the molecule is COc1ccc(-c2coc3c(CN4CCCCCC4)c(O)ccc3c2=O)cc1OC. The van der Waals surface area contributed by atoms with Crippen molar-refractivity contribution in [2.75, 3.05) is 27.3 Å². The zero-order valence-electron chi connectivity index (χ0n) is 17.4. The number of fused-ring (bicyclic) bond motifs is 1. The van der Waals surface area contributed by atoms with Crippen molar-refractivity contribution in [1.29, 1.82) is 0 Å². The second-order valence-electron chi connectivity index (χ2n) is 7.68. The maximum absolute atomic E-state index is 13.3. The third kappa shape index (κ3) is 3.87. The summed E-state index contributed by atoms with van der Waals surface area (Å²) < 4.78 is 16.6. The van der Waals surface area contributed by atoms with E-state index in [1.165, 1.54) is 19.1 Å². The topological polar surface area (TPSA) is 72.1 Å². The molecular weight excluding hydrogens is 382 g/mol. The standard InChI is InChI=1S/C24H27NO5/c1-28-21-10-7-16(13-22(21)29-2)19-15-30-24-17(23(19)27)8-9-20(26)18(24)14-25-11-5-3-4-6-12-25/h7-10,13,15,26H,3-6,11-12,14H2,1-2H3. The van der Waals surface area contributed by atoms with E-state index < -0.39 is 0 Å². The number of nitrogens with zero attached hydrogens (tertiary/aromatic N) is 1. The fourth-order valence-corrected chi connectivity index (χ4v) is 4.12. The molecule has 4 rings (SSSR count). The highest BCUT2D eigenvalue weighted by Crippen LogP contribution is 2.33. The minimum atomic E-state index is -0.138. The number of likely N-dealkylation sites (tertiary alicyclic amines) is 1. The fourth-order valence-electron chi connectivity index (χ4n) is 4.12. The van der Waals surface area contributed by atoms with Crippen LogP contribution in [0, 0.1) is 0 Å². The Morgan fingerprint density at radius 1 is 1.00 bits per heavy atom. The van der Waals surface area contributed by atoms with Gasteiger partial charge in [0.2, 0.25) is 5.43 Å².